The Morgan fingerprint density at radius 2 is 2.20 bits per heavy atom. The Balaban J connectivity index is 1.78. The van der Waals surface area contributed by atoms with Crippen molar-refractivity contribution in [2.75, 3.05) is 0 Å². The molecule has 2 N–H and O–H groups in total. The number of amides is 1. The van der Waals surface area contributed by atoms with Gasteiger partial charge in [0.2, 0.25) is 5.82 Å². The molecule has 1 amide bonds. The average Bonchev–Trinajstić information content (AvgIpc) is 3.04. The summed E-state index contributed by atoms with van der Waals surface area (Å²) < 4.78 is 5.71. The number of nitrogens with one attached hydrogen (secondary N) is 2. The van der Waals surface area contributed by atoms with E-state index in [2.05, 4.69) is 20.5 Å². The zero-order valence-corrected chi connectivity index (χ0v) is 11.2. The van der Waals surface area contributed by atoms with Crippen LogP contribution in [0.2, 0.25) is 0 Å². The number of hydrogen-bond acceptors (Lipinski definition) is 4. The number of furan rings is 1. The SMILES string of the molecule is Cc1nc(C(=O)NC(C)c2cc3ccccc3o2)n[nH]1. The maximum absolute atomic E-state index is 12.0. The van der Waals surface area contributed by atoms with E-state index in [0.717, 1.165) is 11.0 Å². The van der Waals surface area contributed by atoms with Crippen LogP contribution in [0.15, 0.2) is 34.7 Å². The number of nitrogens with zero attached hydrogens (tertiary/aromatic N) is 2. The third-order valence-corrected chi connectivity index (χ3v) is 3.02. The van der Waals surface area contributed by atoms with Gasteiger partial charge in [0.25, 0.3) is 5.91 Å². The number of rotatable bonds is 3. The molecule has 102 valence electrons. The van der Waals surface area contributed by atoms with Gasteiger partial charge in [0.05, 0.1) is 6.04 Å². The molecule has 3 aromatic rings. The molecule has 0 aliphatic carbocycles. The molecule has 0 saturated carbocycles. The number of H-pyrrole nitrogens is 1. The van der Waals surface area contributed by atoms with Crippen molar-refractivity contribution >= 4 is 16.9 Å². The first-order valence-electron chi connectivity index (χ1n) is 6.32. The second-order valence-electron chi connectivity index (χ2n) is 4.63. The van der Waals surface area contributed by atoms with Gasteiger partial charge in [0.15, 0.2) is 0 Å². The maximum atomic E-state index is 12.0. The topological polar surface area (TPSA) is 83.8 Å². The largest absolute Gasteiger partial charge is 0.459 e. The molecule has 2 heterocycles. The third-order valence-electron chi connectivity index (χ3n) is 3.02. The smallest absolute Gasteiger partial charge is 0.291 e. The third kappa shape index (κ3) is 2.27. The van der Waals surface area contributed by atoms with E-state index in [-0.39, 0.29) is 17.8 Å². The van der Waals surface area contributed by atoms with Crippen molar-refractivity contribution in [2.45, 2.75) is 19.9 Å². The number of carbonyl (C=O) groups excluding carboxylic acids is 1. The van der Waals surface area contributed by atoms with Crippen molar-refractivity contribution < 1.29 is 9.21 Å². The van der Waals surface area contributed by atoms with Crippen LogP contribution in [0.4, 0.5) is 0 Å². The highest BCUT2D eigenvalue weighted by atomic mass is 16.3. The normalized spacial score (nSPS) is 12.5. The highest BCUT2D eigenvalue weighted by molar-refractivity contribution is 5.90. The lowest BCUT2D eigenvalue weighted by atomic mass is 10.2. The van der Waals surface area contributed by atoms with E-state index in [4.69, 9.17) is 4.42 Å². The first kappa shape index (κ1) is 12.4. The fourth-order valence-electron chi connectivity index (χ4n) is 1.99. The molecule has 20 heavy (non-hydrogen) atoms. The van der Waals surface area contributed by atoms with Crippen LogP contribution in [0.1, 0.15) is 35.2 Å². The molecule has 3 rings (SSSR count). The number of aromatic nitrogens is 3. The van der Waals surface area contributed by atoms with Crippen molar-refractivity contribution in [1.82, 2.24) is 20.5 Å². The van der Waals surface area contributed by atoms with Crippen molar-refractivity contribution in [3.63, 3.8) is 0 Å². The molecule has 0 saturated heterocycles. The van der Waals surface area contributed by atoms with Crippen molar-refractivity contribution in [3.05, 3.63) is 47.7 Å². The molecule has 0 fully saturated rings. The Hall–Kier alpha value is -2.63. The van der Waals surface area contributed by atoms with Crippen LogP contribution in [0.3, 0.4) is 0 Å². The molecule has 0 bridgehead atoms. The van der Waals surface area contributed by atoms with Crippen LogP contribution in [0.5, 0.6) is 0 Å². The van der Waals surface area contributed by atoms with Gasteiger partial charge in [-0.25, -0.2) is 4.98 Å². The molecule has 2 aromatic heterocycles. The number of benzene rings is 1. The zero-order valence-electron chi connectivity index (χ0n) is 11.2. The van der Waals surface area contributed by atoms with E-state index >= 15 is 0 Å². The Morgan fingerprint density at radius 3 is 2.90 bits per heavy atom. The zero-order chi connectivity index (χ0) is 14.1. The number of hydrogen-bond donors (Lipinski definition) is 2. The number of para-hydroxylation sites is 1. The van der Waals surface area contributed by atoms with Gasteiger partial charge in [-0.15, -0.1) is 5.10 Å². The molecule has 0 aliphatic rings. The van der Waals surface area contributed by atoms with E-state index in [0.29, 0.717) is 11.6 Å². The molecular weight excluding hydrogens is 256 g/mol. The Labute approximate surface area is 115 Å². The Morgan fingerprint density at radius 1 is 1.40 bits per heavy atom. The van der Waals surface area contributed by atoms with Crippen molar-refractivity contribution in [3.8, 4) is 0 Å². The van der Waals surface area contributed by atoms with E-state index in [1.54, 1.807) is 6.92 Å². The van der Waals surface area contributed by atoms with Gasteiger partial charge in [-0.2, -0.15) is 0 Å². The Bertz CT molecular complexity index is 726. The second kappa shape index (κ2) is 4.80. The van der Waals surface area contributed by atoms with Crippen LogP contribution in [0.25, 0.3) is 11.0 Å². The predicted octanol–water partition coefficient (Wildman–Crippen LogP) is 2.35. The lowest BCUT2D eigenvalue weighted by Crippen LogP contribution is -2.27. The van der Waals surface area contributed by atoms with Crippen LogP contribution >= 0.6 is 0 Å². The minimum atomic E-state index is -0.331. The lowest BCUT2D eigenvalue weighted by molar-refractivity contribution is 0.0925. The minimum absolute atomic E-state index is 0.130. The molecule has 1 unspecified atom stereocenters. The first-order chi connectivity index (χ1) is 9.63. The molecular formula is C14H14N4O2. The van der Waals surface area contributed by atoms with Gasteiger partial charge in [-0.3, -0.25) is 9.89 Å². The summed E-state index contributed by atoms with van der Waals surface area (Å²) in [6.07, 6.45) is 0. The summed E-state index contributed by atoms with van der Waals surface area (Å²) in [6.45, 7) is 3.60. The fourth-order valence-corrected chi connectivity index (χ4v) is 1.99. The number of carbonyl (C=O) groups is 1. The van der Waals surface area contributed by atoms with Crippen LogP contribution in [-0.4, -0.2) is 21.1 Å². The Kier molecular flexibility index (Phi) is 2.98. The molecule has 6 nitrogen and oxygen atoms in total. The molecule has 0 spiro atoms. The van der Waals surface area contributed by atoms with Crippen molar-refractivity contribution in [1.29, 1.82) is 0 Å². The number of aromatic amines is 1. The van der Waals surface area contributed by atoms with Gasteiger partial charge in [0, 0.05) is 5.39 Å². The summed E-state index contributed by atoms with van der Waals surface area (Å²) in [5.74, 6) is 1.10. The van der Waals surface area contributed by atoms with Gasteiger partial charge in [0.1, 0.15) is 17.2 Å². The predicted molar refractivity (Wildman–Crippen MR) is 73.2 cm³/mol. The highest BCUT2D eigenvalue weighted by Crippen LogP contribution is 2.23. The van der Waals surface area contributed by atoms with E-state index in [1.165, 1.54) is 0 Å². The highest BCUT2D eigenvalue weighted by Gasteiger charge is 2.17. The molecule has 0 aliphatic heterocycles. The standard InChI is InChI=1S/C14H14N4O2/c1-8(15-14(19)13-16-9(2)17-18-13)12-7-10-5-3-4-6-11(10)20-12/h3-8H,1-2H3,(H,15,19)(H,16,17,18). The fraction of sp³-hybridized carbons (Fsp3) is 0.214. The molecule has 0 radical (unpaired) electrons. The monoisotopic (exact) mass is 270 g/mol. The lowest BCUT2D eigenvalue weighted by Gasteiger charge is -2.09. The average molecular weight is 270 g/mol. The summed E-state index contributed by atoms with van der Waals surface area (Å²) in [5, 5.41) is 10.3. The summed E-state index contributed by atoms with van der Waals surface area (Å²) in [5.41, 5.74) is 0.803. The van der Waals surface area contributed by atoms with Crippen molar-refractivity contribution in [2.24, 2.45) is 0 Å². The van der Waals surface area contributed by atoms with Gasteiger partial charge in [-0.05, 0) is 26.0 Å². The maximum Gasteiger partial charge on any atom is 0.291 e. The van der Waals surface area contributed by atoms with E-state index in [1.807, 2.05) is 37.3 Å². The number of fused-ring (bicyclic) bond motifs is 1. The molecule has 1 aromatic carbocycles. The van der Waals surface area contributed by atoms with E-state index in [9.17, 15) is 4.79 Å². The van der Waals surface area contributed by atoms with Crippen LogP contribution < -0.4 is 5.32 Å². The summed E-state index contributed by atoms with van der Waals surface area (Å²) in [7, 11) is 0. The van der Waals surface area contributed by atoms with E-state index < -0.39 is 0 Å². The molecule has 6 heteroatoms. The first-order valence-corrected chi connectivity index (χ1v) is 6.32. The number of aryl methyl sites for hydroxylation is 1. The van der Waals surface area contributed by atoms with Crippen LogP contribution in [-0.2, 0) is 0 Å². The molecule has 1 atom stereocenters. The minimum Gasteiger partial charge on any atom is -0.459 e. The van der Waals surface area contributed by atoms with Crippen LogP contribution in [0, 0.1) is 6.92 Å². The van der Waals surface area contributed by atoms with Gasteiger partial charge < -0.3 is 9.73 Å². The van der Waals surface area contributed by atoms with Gasteiger partial charge in [-0.1, -0.05) is 18.2 Å². The summed E-state index contributed by atoms with van der Waals surface area (Å²) >= 11 is 0. The summed E-state index contributed by atoms with van der Waals surface area (Å²) in [6, 6.07) is 9.38. The van der Waals surface area contributed by atoms with Gasteiger partial charge >= 0.3 is 0 Å². The second-order valence-corrected chi connectivity index (χ2v) is 4.63. The summed E-state index contributed by atoms with van der Waals surface area (Å²) in [4.78, 5) is 15.9. The quantitative estimate of drug-likeness (QED) is 0.765.